The van der Waals surface area contributed by atoms with Crippen LogP contribution in [0, 0.1) is 0 Å². The van der Waals surface area contributed by atoms with E-state index in [1.807, 2.05) is 0 Å². The summed E-state index contributed by atoms with van der Waals surface area (Å²) < 4.78 is 5.14. The molecule has 1 heterocycles. The highest BCUT2D eigenvalue weighted by atomic mass is 35.5. The number of hydrogen-bond acceptors (Lipinski definition) is 5. The minimum atomic E-state index is -1.43. The van der Waals surface area contributed by atoms with Gasteiger partial charge in [0.25, 0.3) is 0 Å². The monoisotopic (exact) mass is 376 g/mol. The van der Waals surface area contributed by atoms with Gasteiger partial charge >= 0.3 is 17.9 Å². The molecule has 0 aromatic heterocycles. The number of ether oxygens (including phenoxy) is 1. The fourth-order valence-corrected chi connectivity index (χ4v) is 3.10. The van der Waals surface area contributed by atoms with Crippen LogP contribution in [0.1, 0.15) is 36.6 Å². The molecule has 1 aliphatic heterocycles. The Morgan fingerprint density at radius 1 is 1.00 bits per heavy atom. The van der Waals surface area contributed by atoms with Crippen LogP contribution in [0.5, 0.6) is 0 Å². The summed E-state index contributed by atoms with van der Waals surface area (Å²) in [4.78, 5) is 35.3. The highest BCUT2D eigenvalue weighted by Crippen LogP contribution is 2.35. The van der Waals surface area contributed by atoms with Gasteiger partial charge in [0.05, 0.1) is 16.7 Å². The van der Waals surface area contributed by atoms with Crippen LogP contribution in [0.3, 0.4) is 0 Å². The Kier molecular flexibility index (Phi) is 4.52. The largest absolute Gasteiger partial charge is 0.478 e. The molecule has 0 unspecified atom stereocenters. The number of aromatic carboxylic acids is 2. The number of cyclic esters (lactones) is 1. The van der Waals surface area contributed by atoms with Gasteiger partial charge in [0.2, 0.25) is 0 Å². The van der Waals surface area contributed by atoms with E-state index < -0.39 is 29.0 Å². The average molecular weight is 377 g/mol. The minimum absolute atomic E-state index is 0.0188. The molecule has 0 saturated carbocycles. The van der Waals surface area contributed by atoms with E-state index >= 15 is 0 Å². The van der Waals surface area contributed by atoms with Crippen molar-refractivity contribution >= 4 is 47.0 Å². The minimum Gasteiger partial charge on any atom is -0.478 e. The maximum absolute atomic E-state index is 12.0. The second kappa shape index (κ2) is 6.62. The number of carbonyl (C=O) groups is 3. The molecule has 126 valence electrons. The Labute approximate surface area is 150 Å². The van der Waals surface area contributed by atoms with Crippen molar-refractivity contribution in [3.63, 3.8) is 0 Å². The predicted molar refractivity (Wildman–Crippen MR) is 91.1 cm³/mol. The molecular formula is C17H9ClO6S. The fourth-order valence-electron chi connectivity index (χ4n) is 2.26. The highest BCUT2D eigenvalue weighted by molar-refractivity contribution is 8.02. The van der Waals surface area contributed by atoms with E-state index in [4.69, 9.17) is 21.4 Å². The van der Waals surface area contributed by atoms with Gasteiger partial charge in [-0.05, 0) is 36.4 Å². The lowest BCUT2D eigenvalue weighted by Gasteiger charge is -2.04. The maximum atomic E-state index is 12.0. The summed E-state index contributed by atoms with van der Waals surface area (Å²) in [7, 11) is 0. The molecule has 0 bridgehead atoms. The van der Waals surface area contributed by atoms with Gasteiger partial charge in [-0.15, -0.1) is 0 Å². The summed E-state index contributed by atoms with van der Waals surface area (Å²) in [6.45, 7) is 0. The Bertz CT molecular complexity index is 933. The van der Waals surface area contributed by atoms with Gasteiger partial charge in [-0.1, -0.05) is 23.4 Å². The third-order valence-corrected chi connectivity index (χ3v) is 4.55. The zero-order valence-corrected chi connectivity index (χ0v) is 13.9. The quantitative estimate of drug-likeness (QED) is 0.614. The van der Waals surface area contributed by atoms with Crippen molar-refractivity contribution in [3.05, 3.63) is 69.1 Å². The summed E-state index contributed by atoms with van der Waals surface area (Å²) in [6, 6.07) is 9.13. The number of thioether (sulfide) groups is 1. The van der Waals surface area contributed by atoms with Crippen LogP contribution in [-0.4, -0.2) is 28.1 Å². The van der Waals surface area contributed by atoms with Crippen molar-refractivity contribution in [2.75, 3.05) is 0 Å². The van der Waals surface area contributed by atoms with E-state index in [0.717, 1.165) is 17.0 Å². The van der Waals surface area contributed by atoms with Crippen LogP contribution in [0.4, 0.5) is 0 Å². The molecule has 2 aromatic carbocycles. The molecule has 0 aliphatic carbocycles. The predicted octanol–water partition coefficient (Wildman–Crippen LogP) is 4.00. The highest BCUT2D eigenvalue weighted by Gasteiger charge is 2.31. The summed E-state index contributed by atoms with van der Waals surface area (Å²) in [5, 5.41) is 20.5. The number of benzene rings is 2. The molecule has 1 aliphatic rings. The topological polar surface area (TPSA) is 101 Å². The number of carboxylic acids is 2. The van der Waals surface area contributed by atoms with Gasteiger partial charge in [-0.3, -0.25) is 0 Å². The third-order valence-electron chi connectivity index (χ3n) is 3.42. The summed E-state index contributed by atoms with van der Waals surface area (Å²) in [5.41, 5.74) is -0.610. The first-order valence-corrected chi connectivity index (χ1v) is 8.12. The average Bonchev–Trinajstić information content (AvgIpc) is 2.88. The Hall–Kier alpha value is -2.77. The molecule has 2 N–H and O–H groups in total. The Morgan fingerprint density at radius 3 is 2.12 bits per heavy atom. The molecular weight excluding hydrogens is 368 g/mol. The number of esters is 1. The molecule has 0 spiro atoms. The maximum Gasteiger partial charge on any atom is 0.344 e. The van der Waals surface area contributed by atoms with Crippen LogP contribution < -0.4 is 0 Å². The molecule has 0 radical (unpaired) electrons. The molecule has 0 amide bonds. The van der Waals surface area contributed by atoms with Crippen molar-refractivity contribution in [2.24, 2.45) is 0 Å². The van der Waals surface area contributed by atoms with Crippen LogP contribution in [0.2, 0.25) is 5.02 Å². The third kappa shape index (κ3) is 3.38. The van der Waals surface area contributed by atoms with Crippen LogP contribution >= 0.6 is 23.4 Å². The van der Waals surface area contributed by atoms with Crippen LogP contribution in [-0.2, 0) is 4.74 Å². The van der Waals surface area contributed by atoms with Gasteiger partial charge in [0.15, 0.2) is 0 Å². The fraction of sp³-hybridized carbons (Fsp3) is 0. The number of hydrogen-bond donors (Lipinski definition) is 2. The van der Waals surface area contributed by atoms with Crippen molar-refractivity contribution in [1.82, 2.24) is 0 Å². The molecule has 0 atom stereocenters. The van der Waals surface area contributed by atoms with Crippen molar-refractivity contribution < 1.29 is 29.3 Å². The van der Waals surface area contributed by atoms with Crippen LogP contribution in [0.15, 0.2) is 46.7 Å². The van der Waals surface area contributed by atoms with Crippen molar-refractivity contribution in [2.45, 2.75) is 4.90 Å². The van der Waals surface area contributed by atoms with Gasteiger partial charge in [0.1, 0.15) is 5.76 Å². The van der Waals surface area contributed by atoms with Gasteiger partial charge in [-0.25, -0.2) is 14.4 Å². The number of fused-ring (bicyclic) bond motifs is 1. The SMILES string of the molecule is O=C(O)c1cc2c(cc1C(=O)O)/C(=C/Sc1ccc(Cl)cc1)OC2=O. The van der Waals surface area contributed by atoms with Crippen LogP contribution in [0.25, 0.3) is 5.76 Å². The molecule has 25 heavy (non-hydrogen) atoms. The number of halogens is 1. The van der Waals surface area contributed by atoms with Crippen molar-refractivity contribution in [3.8, 4) is 0 Å². The zero-order valence-electron chi connectivity index (χ0n) is 12.4. The molecule has 8 heteroatoms. The standard InChI is InChI=1S/C17H9ClO6S/c18-8-1-3-9(4-2-8)25-7-14-10-5-11(15(19)20)12(16(21)22)6-13(10)17(23)24-14/h1-7H,(H,19,20)(H,21,22)/b14-7-. The number of carbonyl (C=O) groups excluding carboxylic acids is 1. The number of carboxylic acid groups (broad SMARTS) is 2. The second-order valence-corrected chi connectivity index (χ2v) is 6.38. The zero-order chi connectivity index (χ0) is 18.1. The molecule has 3 rings (SSSR count). The van der Waals surface area contributed by atoms with Gasteiger partial charge in [0, 0.05) is 20.9 Å². The molecule has 2 aromatic rings. The smallest absolute Gasteiger partial charge is 0.344 e. The normalized spacial score (nSPS) is 14.3. The van der Waals surface area contributed by atoms with Crippen molar-refractivity contribution in [1.29, 1.82) is 0 Å². The summed E-state index contributed by atoms with van der Waals surface area (Å²) >= 11 is 7.07. The summed E-state index contributed by atoms with van der Waals surface area (Å²) in [5.74, 6) is -3.39. The van der Waals surface area contributed by atoms with E-state index in [9.17, 15) is 19.5 Å². The molecule has 0 fully saturated rings. The second-order valence-electron chi connectivity index (χ2n) is 5.00. The number of rotatable bonds is 4. The first-order valence-electron chi connectivity index (χ1n) is 6.86. The lowest BCUT2D eigenvalue weighted by atomic mass is 9.99. The van der Waals surface area contributed by atoms with Gasteiger partial charge in [-0.2, -0.15) is 0 Å². The van der Waals surface area contributed by atoms with E-state index in [-0.39, 0.29) is 16.9 Å². The van der Waals surface area contributed by atoms with E-state index in [0.29, 0.717) is 5.02 Å². The van der Waals surface area contributed by atoms with E-state index in [2.05, 4.69) is 0 Å². The van der Waals surface area contributed by atoms with Gasteiger partial charge < -0.3 is 14.9 Å². The first kappa shape index (κ1) is 17.1. The molecule has 0 saturated heterocycles. The lowest BCUT2D eigenvalue weighted by molar-refractivity contribution is 0.0651. The van der Waals surface area contributed by atoms with E-state index in [1.54, 1.807) is 29.7 Å². The summed E-state index contributed by atoms with van der Waals surface area (Å²) in [6.07, 6.45) is 0. The Balaban J connectivity index is 2.01. The van der Waals surface area contributed by atoms with E-state index in [1.165, 1.54) is 11.8 Å². The Morgan fingerprint density at radius 2 is 1.56 bits per heavy atom. The first-order chi connectivity index (χ1) is 11.9. The molecule has 6 nitrogen and oxygen atoms in total. The lowest BCUT2D eigenvalue weighted by Crippen LogP contribution is -2.10.